The fraction of sp³-hybridized carbons (Fsp3) is 0.278. The molecule has 3 rings (SSSR count). The highest BCUT2D eigenvalue weighted by Crippen LogP contribution is 2.26. The third-order valence-corrected chi connectivity index (χ3v) is 4.79. The highest BCUT2D eigenvalue weighted by Gasteiger charge is 2.13. The molecule has 4 nitrogen and oxygen atoms in total. The summed E-state index contributed by atoms with van der Waals surface area (Å²) in [5.74, 6) is 1.78. The Balaban J connectivity index is 1.76. The summed E-state index contributed by atoms with van der Waals surface area (Å²) < 4.78 is 2.14. The minimum absolute atomic E-state index is 0.842. The van der Waals surface area contributed by atoms with Gasteiger partial charge < -0.3 is 4.57 Å². The lowest BCUT2D eigenvalue weighted by Gasteiger charge is -2.07. The normalized spacial score (nSPS) is 10.9. The van der Waals surface area contributed by atoms with E-state index < -0.39 is 0 Å². The summed E-state index contributed by atoms with van der Waals surface area (Å²) in [6.45, 7) is 5.13. The molecule has 0 amide bonds. The van der Waals surface area contributed by atoms with Crippen LogP contribution in [0.2, 0.25) is 0 Å². The van der Waals surface area contributed by atoms with Crippen LogP contribution in [0.1, 0.15) is 25.0 Å². The van der Waals surface area contributed by atoms with Crippen molar-refractivity contribution in [1.29, 1.82) is 0 Å². The van der Waals surface area contributed by atoms with Gasteiger partial charge in [0.25, 0.3) is 0 Å². The van der Waals surface area contributed by atoms with Gasteiger partial charge >= 0.3 is 0 Å². The summed E-state index contributed by atoms with van der Waals surface area (Å²) in [6, 6.07) is 12.7. The molecule has 0 saturated carbocycles. The molecule has 0 saturated heterocycles. The van der Waals surface area contributed by atoms with Crippen molar-refractivity contribution in [3.8, 4) is 11.4 Å². The zero-order valence-corrected chi connectivity index (χ0v) is 14.3. The highest BCUT2D eigenvalue weighted by molar-refractivity contribution is 7.98. The van der Waals surface area contributed by atoms with E-state index >= 15 is 0 Å². The van der Waals surface area contributed by atoms with E-state index in [-0.39, 0.29) is 0 Å². The van der Waals surface area contributed by atoms with Crippen molar-refractivity contribution in [2.45, 2.75) is 37.7 Å². The minimum atomic E-state index is 0.842. The number of nitrogens with zero attached hydrogens (tertiary/aromatic N) is 4. The van der Waals surface area contributed by atoms with Gasteiger partial charge in [0.1, 0.15) is 0 Å². The Bertz CT molecular complexity index is 750. The van der Waals surface area contributed by atoms with E-state index in [9.17, 15) is 0 Å². The summed E-state index contributed by atoms with van der Waals surface area (Å²) in [4.78, 5) is 4.17. The van der Waals surface area contributed by atoms with Gasteiger partial charge in [0.2, 0.25) is 0 Å². The van der Waals surface area contributed by atoms with E-state index in [1.54, 1.807) is 18.0 Å². The molecule has 0 atom stereocenters. The third kappa shape index (κ3) is 3.62. The number of aryl methyl sites for hydroxylation is 1. The largest absolute Gasteiger partial charge is 0.302 e. The molecule has 0 spiro atoms. The van der Waals surface area contributed by atoms with Crippen LogP contribution in [-0.4, -0.2) is 19.7 Å². The summed E-state index contributed by atoms with van der Waals surface area (Å²) in [5.41, 5.74) is 3.68. The molecule has 0 aliphatic carbocycles. The van der Waals surface area contributed by atoms with E-state index in [1.165, 1.54) is 11.1 Å². The van der Waals surface area contributed by atoms with E-state index in [0.717, 1.165) is 35.3 Å². The van der Waals surface area contributed by atoms with Crippen molar-refractivity contribution in [3.63, 3.8) is 0 Å². The van der Waals surface area contributed by atoms with Gasteiger partial charge in [-0.15, -0.1) is 10.2 Å². The van der Waals surface area contributed by atoms with Gasteiger partial charge in [0, 0.05) is 30.3 Å². The predicted molar refractivity (Wildman–Crippen MR) is 94.3 cm³/mol. The van der Waals surface area contributed by atoms with E-state index in [1.807, 2.05) is 18.3 Å². The first-order valence-electron chi connectivity index (χ1n) is 7.86. The number of thioether (sulfide) groups is 1. The standard InChI is InChI=1S/C18H20N4S/c1-3-14-7-9-15(10-8-14)13-23-18-21-20-17(22(18)4-2)16-6-5-11-19-12-16/h5-12H,3-4,13H2,1-2H3. The first kappa shape index (κ1) is 15.7. The molecule has 5 heteroatoms. The van der Waals surface area contributed by atoms with Crippen LogP contribution in [0.3, 0.4) is 0 Å². The number of hydrogen-bond acceptors (Lipinski definition) is 4. The maximum Gasteiger partial charge on any atom is 0.191 e. The molecule has 2 heterocycles. The molecular weight excluding hydrogens is 304 g/mol. The Morgan fingerprint density at radius 2 is 1.78 bits per heavy atom. The molecule has 0 aliphatic heterocycles. The molecule has 0 N–H and O–H groups in total. The summed E-state index contributed by atoms with van der Waals surface area (Å²) in [7, 11) is 0. The van der Waals surface area contributed by atoms with Crippen LogP contribution < -0.4 is 0 Å². The second kappa shape index (κ2) is 7.42. The molecule has 2 aromatic heterocycles. The number of benzene rings is 1. The first-order valence-corrected chi connectivity index (χ1v) is 8.84. The molecule has 3 aromatic rings. The molecule has 0 unspecified atom stereocenters. The fourth-order valence-electron chi connectivity index (χ4n) is 2.41. The van der Waals surface area contributed by atoms with Crippen molar-refractivity contribution in [3.05, 3.63) is 59.9 Å². The quantitative estimate of drug-likeness (QED) is 0.637. The Morgan fingerprint density at radius 3 is 2.43 bits per heavy atom. The van der Waals surface area contributed by atoms with Crippen molar-refractivity contribution >= 4 is 11.8 Å². The monoisotopic (exact) mass is 324 g/mol. The van der Waals surface area contributed by atoms with Crippen molar-refractivity contribution in [1.82, 2.24) is 19.7 Å². The Morgan fingerprint density at radius 1 is 1.00 bits per heavy atom. The summed E-state index contributed by atoms with van der Waals surface area (Å²) in [5, 5.41) is 9.66. The predicted octanol–water partition coefficient (Wildman–Crippen LogP) is 4.21. The van der Waals surface area contributed by atoms with Crippen LogP contribution in [0.4, 0.5) is 0 Å². The lowest BCUT2D eigenvalue weighted by molar-refractivity contribution is 0.687. The van der Waals surface area contributed by atoms with Crippen molar-refractivity contribution < 1.29 is 0 Å². The average molecular weight is 324 g/mol. The average Bonchev–Trinajstić information content (AvgIpc) is 3.04. The molecular formula is C18H20N4S. The lowest BCUT2D eigenvalue weighted by atomic mass is 10.1. The zero-order valence-electron chi connectivity index (χ0n) is 13.4. The van der Waals surface area contributed by atoms with Crippen molar-refractivity contribution in [2.24, 2.45) is 0 Å². The molecule has 0 radical (unpaired) electrons. The van der Waals surface area contributed by atoms with Gasteiger partial charge in [-0.25, -0.2) is 0 Å². The van der Waals surface area contributed by atoms with Crippen LogP contribution in [0.15, 0.2) is 53.9 Å². The maximum absolute atomic E-state index is 4.36. The van der Waals surface area contributed by atoms with Crippen LogP contribution in [-0.2, 0) is 18.7 Å². The number of rotatable bonds is 6. The van der Waals surface area contributed by atoms with Crippen LogP contribution in [0.25, 0.3) is 11.4 Å². The number of pyridine rings is 1. The fourth-order valence-corrected chi connectivity index (χ4v) is 3.37. The summed E-state index contributed by atoms with van der Waals surface area (Å²) in [6.07, 6.45) is 4.67. The Kier molecular flexibility index (Phi) is 5.08. The van der Waals surface area contributed by atoms with Gasteiger partial charge in [-0.1, -0.05) is 43.0 Å². The third-order valence-electron chi connectivity index (χ3n) is 3.75. The molecule has 0 fully saturated rings. The van der Waals surface area contributed by atoms with Gasteiger partial charge in [0.15, 0.2) is 11.0 Å². The van der Waals surface area contributed by atoms with Gasteiger partial charge in [-0.2, -0.15) is 0 Å². The van der Waals surface area contributed by atoms with E-state index in [0.29, 0.717) is 0 Å². The number of hydrogen-bond donors (Lipinski definition) is 0. The Labute approximate surface area is 141 Å². The van der Waals surface area contributed by atoms with Crippen LogP contribution >= 0.6 is 11.8 Å². The highest BCUT2D eigenvalue weighted by atomic mass is 32.2. The molecule has 0 bridgehead atoms. The van der Waals surface area contributed by atoms with Gasteiger partial charge in [-0.3, -0.25) is 4.98 Å². The minimum Gasteiger partial charge on any atom is -0.302 e. The Hall–Kier alpha value is -2.14. The SMILES string of the molecule is CCc1ccc(CSc2nnc(-c3cccnc3)n2CC)cc1. The molecule has 0 aliphatic rings. The smallest absolute Gasteiger partial charge is 0.191 e. The van der Waals surface area contributed by atoms with Crippen LogP contribution in [0.5, 0.6) is 0 Å². The van der Waals surface area contributed by atoms with E-state index in [4.69, 9.17) is 0 Å². The maximum atomic E-state index is 4.36. The number of aromatic nitrogens is 4. The second-order valence-corrected chi connectivity index (χ2v) is 6.19. The molecule has 1 aromatic carbocycles. The van der Waals surface area contributed by atoms with Gasteiger partial charge in [0.05, 0.1) is 0 Å². The molecule has 118 valence electrons. The van der Waals surface area contributed by atoms with Gasteiger partial charge in [-0.05, 0) is 36.6 Å². The zero-order chi connectivity index (χ0) is 16.1. The molecule has 23 heavy (non-hydrogen) atoms. The van der Waals surface area contributed by atoms with E-state index in [2.05, 4.69) is 57.9 Å². The second-order valence-electron chi connectivity index (χ2n) is 5.25. The van der Waals surface area contributed by atoms with Crippen molar-refractivity contribution in [2.75, 3.05) is 0 Å². The summed E-state index contributed by atoms with van der Waals surface area (Å²) >= 11 is 1.72. The topological polar surface area (TPSA) is 43.6 Å². The van der Waals surface area contributed by atoms with Crippen LogP contribution in [0, 0.1) is 0 Å². The first-order chi connectivity index (χ1) is 11.3. The lowest BCUT2D eigenvalue weighted by Crippen LogP contribution is -2.00.